The van der Waals surface area contributed by atoms with E-state index in [9.17, 15) is 9.50 Å². The molecule has 1 aromatic carbocycles. The number of halogens is 1. The highest BCUT2D eigenvalue weighted by molar-refractivity contribution is 5.21. The highest BCUT2D eigenvalue weighted by Gasteiger charge is 2.64. The van der Waals surface area contributed by atoms with E-state index in [1.54, 1.807) is 12.1 Å². The number of nitrogens with one attached hydrogen (secondary N) is 1. The van der Waals surface area contributed by atoms with Crippen molar-refractivity contribution in [1.29, 1.82) is 0 Å². The van der Waals surface area contributed by atoms with Gasteiger partial charge in [0.05, 0.1) is 6.10 Å². The molecule has 0 aliphatic heterocycles. The van der Waals surface area contributed by atoms with Crippen molar-refractivity contribution in [3.8, 4) is 0 Å². The molecule has 0 radical (unpaired) electrons. The molecule has 0 heterocycles. The van der Waals surface area contributed by atoms with Gasteiger partial charge in [0.25, 0.3) is 0 Å². The average Bonchev–Trinajstić information content (AvgIpc) is 2.66. The third-order valence-electron chi connectivity index (χ3n) is 4.77. The number of rotatable bonds is 4. The van der Waals surface area contributed by atoms with Crippen LogP contribution in [0.5, 0.6) is 0 Å². The van der Waals surface area contributed by atoms with Crippen LogP contribution in [0.4, 0.5) is 4.39 Å². The van der Waals surface area contributed by atoms with Crippen molar-refractivity contribution in [1.82, 2.24) is 5.32 Å². The average molecular weight is 251 g/mol. The number of benzene rings is 1. The van der Waals surface area contributed by atoms with Crippen LogP contribution in [0.1, 0.15) is 39.4 Å². The molecule has 2 nitrogen and oxygen atoms in total. The van der Waals surface area contributed by atoms with Crippen LogP contribution in [-0.2, 0) is 0 Å². The van der Waals surface area contributed by atoms with Crippen LogP contribution in [0.25, 0.3) is 0 Å². The largest absolute Gasteiger partial charge is 0.387 e. The lowest BCUT2D eigenvalue weighted by molar-refractivity contribution is 0.171. The molecule has 1 aliphatic rings. The molecule has 2 rings (SSSR count). The Kier molecular flexibility index (Phi) is 3.24. The van der Waals surface area contributed by atoms with E-state index in [1.807, 2.05) is 0 Å². The fraction of sp³-hybridized carbons (Fsp3) is 0.600. The molecule has 2 N–H and O–H groups in total. The number of hydrogen-bond acceptors (Lipinski definition) is 2. The quantitative estimate of drug-likeness (QED) is 0.862. The van der Waals surface area contributed by atoms with Gasteiger partial charge in [-0.05, 0) is 28.5 Å². The van der Waals surface area contributed by atoms with E-state index in [-0.39, 0.29) is 16.6 Å². The first-order valence-electron chi connectivity index (χ1n) is 6.44. The lowest BCUT2D eigenvalue weighted by Gasteiger charge is -2.13. The second-order valence-electron chi connectivity index (χ2n) is 6.36. The van der Waals surface area contributed by atoms with Crippen LogP contribution in [0.3, 0.4) is 0 Å². The molecule has 100 valence electrons. The minimum atomic E-state index is -0.659. The van der Waals surface area contributed by atoms with Gasteiger partial charge in [0.1, 0.15) is 5.82 Å². The second-order valence-corrected chi connectivity index (χ2v) is 6.36. The van der Waals surface area contributed by atoms with Crippen LogP contribution < -0.4 is 5.32 Å². The molecule has 3 heteroatoms. The van der Waals surface area contributed by atoms with Crippen LogP contribution in [0.15, 0.2) is 24.3 Å². The molecule has 0 amide bonds. The summed E-state index contributed by atoms with van der Waals surface area (Å²) < 4.78 is 13.1. The number of aliphatic hydroxyl groups is 1. The molecule has 1 aromatic rings. The maximum Gasteiger partial charge on any atom is 0.123 e. The summed E-state index contributed by atoms with van der Waals surface area (Å²) in [6.07, 6.45) is -0.659. The zero-order chi connectivity index (χ0) is 13.6. The zero-order valence-electron chi connectivity index (χ0n) is 11.5. The van der Waals surface area contributed by atoms with E-state index in [4.69, 9.17) is 0 Å². The molecular formula is C15H22FNO. The first-order valence-corrected chi connectivity index (χ1v) is 6.44. The van der Waals surface area contributed by atoms with Gasteiger partial charge >= 0.3 is 0 Å². The normalized spacial score (nSPS) is 22.8. The molecule has 1 unspecified atom stereocenters. The monoisotopic (exact) mass is 251 g/mol. The van der Waals surface area contributed by atoms with Gasteiger partial charge in [-0.1, -0.05) is 39.8 Å². The molecule has 1 fully saturated rings. The smallest absolute Gasteiger partial charge is 0.123 e. The van der Waals surface area contributed by atoms with Gasteiger partial charge in [-0.3, -0.25) is 0 Å². The van der Waals surface area contributed by atoms with Crippen molar-refractivity contribution in [2.75, 3.05) is 6.54 Å². The molecule has 0 bridgehead atoms. The predicted molar refractivity (Wildman–Crippen MR) is 70.7 cm³/mol. The summed E-state index contributed by atoms with van der Waals surface area (Å²) in [5.41, 5.74) is 1.11. The lowest BCUT2D eigenvalue weighted by atomic mass is 10.0. The Balaban J connectivity index is 1.92. The first-order chi connectivity index (χ1) is 8.26. The fourth-order valence-electron chi connectivity index (χ4n) is 2.77. The van der Waals surface area contributed by atoms with Crippen LogP contribution >= 0.6 is 0 Å². The van der Waals surface area contributed by atoms with Crippen molar-refractivity contribution in [3.63, 3.8) is 0 Å². The molecule has 1 saturated carbocycles. The zero-order valence-corrected chi connectivity index (χ0v) is 11.5. The summed E-state index contributed by atoms with van der Waals surface area (Å²) in [6.45, 7) is 9.35. The van der Waals surface area contributed by atoms with Crippen molar-refractivity contribution >= 4 is 0 Å². The van der Waals surface area contributed by atoms with E-state index < -0.39 is 6.10 Å². The Labute approximate surface area is 108 Å². The maximum absolute atomic E-state index is 13.1. The number of aliphatic hydroxyl groups excluding tert-OH is 1. The first kappa shape index (κ1) is 13.5. The summed E-state index contributed by atoms with van der Waals surface area (Å²) in [6, 6.07) is 6.54. The molecular weight excluding hydrogens is 229 g/mol. The Hall–Kier alpha value is -0.930. The highest BCUT2D eigenvalue weighted by Crippen LogP contribution is 2.62. The number of hydrogen-bond donors (Lipinski definition) is 2. The Morgan fingerprint density at radius 1 is 1.28 bits per heavy atom. The van der Waals surface area contributed by atoms with E-state index in [2.05, 4.69) is 33.0 Å². The third-order valence-corrected chi connectivity index (χ3v) is 4.77. The molecule has 18 heavy (non-hydrogen) atoms. The summed E-state index contributed by atoms with van der Waals surface area (Å²) in [5, 5.41) is 13.4. The fourth-order valence-corrected chi connectivity index (χ4v) is 2.77. The lowest BCUT2D eigenvalue weighted by Crippen LogP contribution is -2.27. The van der Waals surface area contributed by atoms with Crippen LogP contribution in [-0.4, -0.2) is 17.7 Å². The minimum Gasteiger partial charge on any atom is -0.387 e. The van der Waals surface area contributed by atoms with Gasteiger partial charge in [-0.2, -0.15) is 0 Å². The van der Waals surface area contributed by atoms with Gasteiger partial charge in [0, 0.05) is 12.6 Å². The van der Waals surface area contributed by atoms with Crippen LogP contribution in [0.2, 0.25) is 0 Å². The van der Waals surface area contributed by atoms with E-state index in [0.29, 0.717) is 18.2 Å². The van der Waals surface area contributed by atoms with Crippen molar-refractivity contribution < 1.29 is 9.50 Å². The summed E-state index contributed by atoms with van der Waals surface area (Å²) >= 11 is 0. The molecule has 1 atom stereocenters. The van der Waals surface area contributed by atoms with Crippen LogP contribution in [0, 0.1) is 16.6 Å². The molecule has 0 saturated heterocycles. The van der Waals surface area contributed by atoms with E-state index >= 15 is 0 Å². The standard InChI is InChI=1S/C15H22FNO/c1-14(2)13(15(14,3)4)17-9-12(18)10-6-5-7-11(16)8-10/h5-8,12-13,17-18H,9H2,1-4H3. The van der Waals surface area contributed by atoms with Gasteiger partial charge in [-0.25, -0.2) is 4.39 Å². The Morgan fingerprint density at radius 3 is 2.39 bits per heavy atom. The Bertz CT molecular complexity index is 428. The molecule has 1 aliphatic carbocycles. The predicted octanol–water partition coefficient (Wildman–Crippen LogP) is 2.88. The molecule has 0 aromatic heterocycles. The summed E-state index contributed by atoms with van der Waals surface area (Å²) in [4.78, 5) is 0. The van der Waals surface area contributed by atoms with Crippen molar-refractivity contribution in [2.45, 2.75) is 39.8 Å². The molecule has 0 spiro atoms. The topological polar surface area (TPSA) is 32.3 Å². The second kappa shape index (κ2) is 4.32. The summed E-state index contributed by atoms with van der Waals surface area (Å²) in [5.74, 6) is -0.307. The van der Waals surface area contributed by atoms with Crippen molar-refractivity contribution in [3.05, 3.63) is 35.6 Å². The van der Waals surface area contributed by atoms with E-state index in [1.165, 1.54) is 12.1 Å². The van der Waals surface area contributed by atoms with E-state index in [0.717, 1.165) is 0 Å². The highest BCUT2D eigenvalue weighted by atomic mass is 19.1. The van der Waals surface area contributed by atoms with Gasteiger partial charge in [0.15, 0.2) is 0 Å². The Morgan fingerprint density at radius 2 is 1.89 bits per heavy atom. The minimum absolute atomic E-state index is 0.245. The summed E-state index contributed by atoms with van der Waals surface area (Å²) in [7, 11) is 0. The van der Waals surface area contributed by atoms with Gasteiger partial charge in [0.2, 0.25) is 0 Å². The van der Waals surface area contributed by atoms with Gasteiger partial charge in [-0.15, -0.1) is 0 Å². The van der Waals surface area contributed by atoms with Crippen molar-refractivity contribution in [2.24, 2.45) is 10.8 Å². The third kappa shape index (κ3) is 2.17. The SMILES string of the molecule is CC1(C)C(NCC(O)c2cccc(F)c2)C1(C)C. The maximum atomic E-state index is 13.1. The van der Waals surface area contributed by atoms with Gasteiger partial charge < -0.3 is 10.4 Å².